The lowest BCUT2D eigenvalue weighted by atomic mass is 10.2. The van der Waals surface area contributed by atoms with Gasteiger partial charge in [-0.3, -0.25) is 4.79 Å². The van der Waals surface area contributed by atoms with Gasteiger partial charge in [-0.05, 0) is 49.7 Å². The molecule has 0 heterocycles. The Balaban J connectivity index is 1.80. The van der Waals surface area contributed by atoms with Crippen LogP contribution < -0.4 is 10.1 Å². The van der Waals surface area contributed by atoms with Crippen molar-refractivity contribution in [1.29, 1.82) is 0 Å². The van der Waals surface area contributed by atoms with Gasteiger partial charge in [0.1, 0.15) is 5.75 Å². The van der Waals surface area contributed by atoms with Gasteiger partial charge < -0.3 is 14.8 Å². The maximum absolute atomic E-state index is 11.9. The molecule has 0 unspecified atom stereocenters. The van der Waals surface area contributed by atoms with Gasteiger partial charge in [0, 0.05) is 10.2 Å². The van der Waals surface area contributed by atoms with Crippen molar-refractivity contribution >= 4 is 33.5 Å². The number of benzene rings is 2. The molecular formula is C18H18BrNO4. The summed E-state index contributed by atoms with van der Waals surface area (Å²) in [6, 6.07) is 14.4. The molecule has 126 valence electrons. The Morgan fingerprint density at radius 3 is 2.54 bits per heavy atom. The minimum absolute atomic E-state index is 0.365. The number of halogens is 1. The van der Waals surface area contributed by atoms with Crippen molar-refractivity contribution in [2.75, 3.05) is 11.9 Å². The third kappa shape index (κ3) is 5.38. The summed E-state index contributed by atoms with van der Waals surface area (Å²) in [5.41, 5.74) is 1.64. The summed E-state index contributed by atoms with van der Waals surface area (Å²) in [4.78, 5) is 23.7. The van der Waals surface area contributed by atoms with E-state index in [-0.39, 0.29) is 6.61 Å². The summed E-state index contributed by atoms with van der Waals surface area (Å²) in [7, 11) is 0. The maximum Gasteiger partial charge on any atom is 0.347 e. The molecule has 0 bridgehead atoms. The van der Waals surface area contributed by atoms with Crippen molar-refractivity contribution in [3.05, 3.63) is 58.6 Å². The molecule has 24 heavy (non-hydrogen) atoms. The first-order chi connectivity index (χ1) is 11.5. The zero-order chi connectivity index (χ0) is 17.5. The molecule has 2 aromatic rings. The van der Waals surface area contributed by atoms with Crippen LogP contribution in [0.15, 0.2) is 53.0 Å². The summed E-state index contributed by atoms with van der Waals surface area (Å²) in [6.45, 7) is 3.13. The molecule has 0 spiro atoms. The number of hydrogen-bond acceptors (Lipinski definition) is 4. The van der Waals surface area contributed by atoms with Gasteiger partial charge in [0.05, 0.1) is 0 Å². The molecule has 0 aliphatic carbocycles. The minimum atomic E-state index is -0.796. The number of aryl methyl sites for hydroxylation is 1. The van der Waals surface area contributed by atoms with Crippen LogP contribution in [-0.4, -0.2) is 24.6 Å². The molecular weight excluding hydrogens is 374 g/mol. The highest BCUT2D eigenvalue weighted by Crippen LogP contribution is 2.20. The molecule has 0 aliphatic heterocycles. The fourth-order valence-corrected chi connectivity index (χ4v) is 2.17. The quantitative estimate of drug-likeness (QED) is 0.762. The van der Waals surface area contributed by atoms with Crippen LogP contribution in [0.2, 0.25) is 0 Å². The summed E-state index contributed by atoms with van der Waals surface area (Å²) in [5, 5.41) is 2.68. The average molecular weight is 392 g/mol. The number of para-hydroxylation sites is 1. The van der Waals surface area contributed by atoms with E-state index in [0.29, 0.717) is 11.4 Å². The van der Waals surface area contributed by atoms with Gasteiger partial charge in [0.25, 0.3) is 5.91 Å². The fraction of sp³-hybridized carbons (Fsp3) is 0.222. The molecule has 5 nitrogen and oxygen atoms in total. The number of carbonyl (C=O) groups excluding carboxylic acids is 2. The number of rotatable bonds is 6. The molecule has 0 aromatic heterocycles. The van der Waals surface area contributed by atoms with E-state index in [1.807, 2.05) is 25.1 Å². The Labute approximate surface area is 149 Å². The number of ether oxygens (including phenoxy) is 2. The zero-order valence-electron chi connectivity index (χ0n) is 13.4. The molecule has 0 saturated heterocycles. The van der Waals surface area contributed by atoms with Crippen LogP contribution in [0.5, 0.6) is 5.75 Å². The second kappa shape index (κ2) is 8.49. The van der Waals surface area contributed by atoms with E-state index in [1.165, 1.54) is 0 Å². The Morgan fingerprint density at radius 2 is 1.88 bits per heavy atom. The monoisotopic (exact) mass is 391 g/mol. The van der Waals surface area contributed by atoms with Crippen LogP contribution >= 0.6 is 15.9 Å². The van der Waals surface area contributed by atoms with Gasteiger partial charge in [-0.2, -0.15) is 0 Å². The average Bonchev–Trinajstić information content (AvgIpc) is 2.57. The molecule has 0 fully saturated rings. The van der Waals surface area contributed by atoms with E-state index in [9.17, 15) is 9.59 Å². The summed E-state index contributed by atoms with van der Waals surface area (Å²) < 4.78 is 11.4. The van der Waals surface area contributed by atoms with E-state index >= 15 is 0 Å². The van der Waals surface area contributed by atoms with Gasteiger partial charge in [0.15, 0.2) is 12.7 Å². The topological polar surface area (TPSA) is 64.6 Å². The number of carbonyl (C=O) groups is 2. The van der Waals surface area contributed by atoms with E-state index in [4.69, 9.17) is 9.47 Å². The lowest BCUT2D eigenvalue weighted by Gasteiger charge is -2.14. The van der Waals surface area contributed by atoms with Crippen LogP contribution in [0.3, 0.4) is 0 Å². The van der Waals surface area contributed by atoms with Crippen LogP contribution in [0.1, 0.15) is 12.5 Å². The van der Waals surface area contributed by atoms with Gasteiger partial charge in [-0.1, -0.05) is 34.1 Å². The second-order valence-electron chi connectivity index (χ2n) is 5.19. The van der Waals surface area contributed by atoms with Gasteiger partial charge in [-0.25, -0.2) is 4.79 Å². The van der Waals surface area contributed by atoms with Gasteiger partial charge in [0.2, 0.25) is 0 Å². The molecule has 0 aliphatic rings. The predicted octanol–water partition coefficient (Wildman–Crippen LogP) is 3.71. The summed E-state index contributed by atoms with van der Waals surface area (Å²) in [5.74, 6) is -0.435. The van der Waals surface area contributed by atoms with E-state index in [2.05, 4.69) is 21.2 Å². The van der Waals surface area contributed by atoms with E-state index in [1.54, 1.807) is 37.3 Å². The van der Waals surface area contributed by atoms with E-state index in [0.717, 1.165) is 10.0 Å². The standard InChI is InChI=1S/C18H18BrNO4/c1-12-10-14(8-9-16(12)19)20-17(21)11-23-18(22)13(2)24-15-6-4-3-5-7-15/h3-10,13H,11H2,1-2H3,(H,20,21)/t13-/m1/s1. The molecule has 2 rings (SSSR count). The zero-order valence-corrected chi connectivity index (χ0v) is 15.0. The Bertz CT molecular complexity index is 718. The molecule has 2 aromatic carbocycles. The van der Waals surface area contributed by atoms with Crippen LogP contribution in [0.25, 0.3) is 0 Å². The van der Waals surface area contributed by atoms with Crippen LogP contribution in [0, 0.1) is 6.92 Å². The van der Waals surface area contributed by atoms with Crippen molar-refractivity contribution in [2.45, 2.75) is 20.0 Å². The third-order valence-electron chi connectivity index (χ3n) is 3.18. The molecule has 1 atom stereocenters. The lowest BCUT2D eigenvalue weighted by molar-refractivity contribution is -0.153. The Morgan fingerprint density at radius 1 is 1.17 bits per heavy atom. The highest BCUT2D eigenvalue weighted by Gasteiger charge is 2.17. The number of esters is 1. The van der Waals surface area contributed by atoms with Crippen molar-refractivity contribution in [3.63, 3.8) is 0 Å². The van der Waals surface area contributed by atoms with Crippen molar-refractivity contribution in [3.8, 4) is 5.75 Å². The van der Waals surface area contributed by atoms with Gasteiger partial charge in [-0.15, -0.1) is 0 Å². The first-order valence-electron chi connectivity index (χ1n) is 7.40. The normalized spacial score (nSPS) is 11.5. The second-order valence-corrected chi connectivity index (χ2v) is 6.05. The predicted molar refractivity (Wildman–Crippen MR) is 95.0 cm³/mol. The van der Waals surface area contributed by atoms with Crippen LogP contribution in [-0.2, 0) is 14.3 Å². The number of anilines is 1. The van der Waals surface area contributed by atoms with E-state index < -0.39 is 18.0 Å². The highest BCUT2D eigenvalue weighted by molar-refractivity contribution is 9.10. The lowest BCUT2D eigenvalue weighted by Crippen LogP contribution is -2.29. The Hall–Kier alpha value is -2.34. The summed E-state index contributed by atoms with van der Waals surface area (Å²) in [6.07, 6.45) is -0.796. The SMILES string of the molecule is Cc1cc(NC(=O)COC(=O)[C@@H](C)Oc2ccccc2)ccc1Br. The first-order valence-corrected chi connectivity index (χ1v) is 8.19. The smallest absolute Gasteiger partial charge is 0.347 e. The summed E-state index contributed by atoms with van der Waals surface area (Å²) >= 11 is 3.39. The molecule has 0 saturated carbocycles. The number of nitrogens with one attached hydrogen (secondary N) is 1. The molecule has 0 radical (unpaired) electrons. The van der Waals surface area contributed by atoms with Gasteiger partial charge >= 0.3 is 5.97 Å². The minimum Gasteiger partial charge on any atom is -0.479 e. The third-order valence-corrected chi connectivity index (χ3v) is 4.06. The Kier molecular flexibility index (Phi) is 6.37. The van der Waals surface area contributed by atoms with Crippen molar-refractivity contribution < 1.29 is 19.1 Å². The fourth-order valence-electron chi connectivity index (χ4n) is 1.92. The number of amides is 1. The first kappa shape index (κ1) is 18.0. The van der Waals surface area contributed by atoms with Crippen molar-refractivity contribution in [1.82, 2.24) is 0 Å². The van der Waals surface area contributed by atoms with Crippen LogP contribution in [0.4, 0.5) is 5.69 Å². The molecule has 1 N–H and O–H groups in total. The maximum atomic E-state index is 11.9. The highest BCUT2D eigenvalue weighted by atomic mass is 79.9. The molecule has 1 amide bonds. The largest absolute Gasteiger partial charge is 0.479 e. The number of hydrogen-bond donors (Lipinski definition) is 1. The molecule has 6 heteroatoms. The van der Waals surface area contributed by atoms with Crippen molar-refractivity contribution in [2.24, 2.45) is 0 Å².